The summed E-state index contributed by atoms with van der Waals surface area (Å²) in [5.74, 6) is 0.644. The molecule has 3 rings (SSSR count). The molecule has 0 radical (unpaired) electrons. The van der Waals surface area contributed by atoms with Crippen LogP contribution in [0.5, 0.6) is 0 Å². The Hall–Kier alpha value is -1.36. The Morgan fingerprint density at radius 1 is 1.38 bits per heavy atom. The van der Waals surface area contributed by atoms with Crippen molar-refractivity contribution in [3.63, 3.8) is 0 Å². The van der Waals surface area contributed by atoms with Crippen LogP contribution in [-0.4, -0.2) is 36.3 Å². The molecule has 1 fully saturated rings. The van der Waals surface area contributed by atoms with Gasteiger partial charge in [-0.3, -0.25) is 9.59 Å². The summed E-state index contributed by atoms with van der Waals surface area (Å²) in [5.41, 5.74) is 1.33. The second-order valence-electron chi connectivity index (χ2n) is 6.18. The van der Waals surface area contributed by atoms with Crippen molar-refractivity contribution in [1.29, 1.82) is 0 Å². The molecule has 1 N–H and O–H groups in total. The smallest absolute Gasteiger partial charge is 0.261 e. The molecule has 1 aromatic rings. The van der Waals surface area contributed by atoms with Crippen LogP contribution in [0.15, 0.2) is 6.07 Å². The van der Waals surface area contributed by atoms with E-state index in [-0.39, 0.29) is 18.4 Å². The zero-order chi connectivity index (χ0) is 14.8. The average Bonchev–Trinajstić information content (AvgIpc) is 3.12. The van der Waals surface area contributed by atoms with Crippen LogP contribution in [0, 0.1) is 5.92 Å². The van der Waals surface area contributed by atoms with Crippen molar-refractivity contribution in [2.45, 2.75) is 39.0 Å². The van der Waals surface area contributed by atoms with Gasteiger partial charge in [-0.05, 0) is 49.7 Å². The van der Waals surface area contributed by atoms with Crippen LogP contribution in [0.2, 0.25) is 0 Å². The molecule has 2 aliphatic rings. The van der Waals surface area contributed by atoms with E-state index in [1.165, 1.54) is 16.9 Å². The third-order valence-electron chi connectivity index (χ3n) is 4.41. The normalized spacial score (nSPS) is 21.2. The van der Waals surface area contributed by atoms with E-state index in [2.05, 4.69) is 12.2 Å². The molecular formula is C16H22N2O2S. The molecule has 1 aromatic heterocycles. The highest BCUT2D eigenvalue weighted by atomic mass is 32.1. The van der Waals surface area contributed by atoms with Gasteiger partial charge in [-0.2, -0.15) is 0 Å². The molecule has 1 aliphatic heterocycles. The number of thiophene rings is 1. The van der Waals surface area contributed by atoms with E-state index in [0.29, 0.717) is 5.92 Å². The molecule has 0 bridgehead atoms. The van der Waals surface area contributed by atoms with E-state index in [0.717, 1.165) is 43.6 Å². The van der Waals surface area contributed by atoms with Gasteiger partial charge in [0.1, 0.15) is 0 Å². The number of carbonyl (C=O) groups is 2. The van der Waals surface area contributed by atoms with E-state index in [1.807, 2.05) is 11.0 Å². The fourth-order valence-electron chi connectivity index (χ4n) is 3.14. The molecule has 1 aliphatic carbocycles. The zero-order valence-electron chi connectivity index (χ0n) is 12.5. The molecule has 1 atom stereocenters. The fourth-order valence-corrected chi connectivity index (χ4v) is 4.26. The predicted molar refractivity (Wildman–Crippen MR) is 83.7 cm³/mol. The minimum atomic E-state index is -0.102. The highest BCUT2D eigenvalue weighted by Crippen LogP contribution is 2.32. The number of fused-ring (bicyclic) bond motifs is 1. The van der Waals surface area contributed by atoms with Crippen molar-refractivity contribution in [3.8, 4) is 0 Å². The summed E-state index contributed by atoms with van der Waals surface area (Å²) in [6, 6.07) is 2.02. The summed E-state index contributed by atoms with van der Waals surface area (Å²) >= 11 is 1.59. The van der Waals surface area contributed by atoms with Gasteiger partial charge in [0.25, 0.3) is 5.91 Å². The molecule has 114 valence electrons. The van der Waals surface area contributed by atoms with Crippen molar-refractivity contribution in [2.75, 3.05) is 19.6 Å². The minimum Gasteiger partial charge on any atom is -0.342 e. The van der Waals surface area contributed by atoms with Gasteiger partial charge in [-0.1, -0.05) is 6.92 Å². The molecule has 2 heterocycles. The molecule has 5 heteroatoms. The summed E-state index contributed by atoms with van der Waals surface area (Å²) in [4.78, 5) is 28.1. The highest BCUT2D eigenvalue weighted by molar-refractivity contribution is 7.14. The molecule has 21 heavy (non-hydrogen) atoms. The molecular weight excluding hydrogens is 284 g/mol. The lowest BCUT2D eigenvalue weighted by Gasteiger charge is -2.16. The third-order valence-corrected chi connectivity index (χ3v) is 5.65. The number of aryl methyl sites for hydroxylation is 1. The number of likely N-dealkylation sites (tertiary alicyclic amines) is 1. The first-order valence-electron chi connectivity index (χ1n) is 7.81. The van der Waals surface area contributed by atoms with Crippen LogP contribution in [0.25, 0.3) is 0 Å². The first-order chi connectivity index (χ1) is 10.1. The topological polar surface area (TPSA) is 49.4 Å². The van der Waals surface area contributed by atoms with Crippen LogP contribution >= 0.6 is 11.3 Å². The molecule has 1 unspecified atom stereocenters. The van der Waals surface area contributed by atoms with Gasteiger partial charge in [0.15, 0.2) is 0 Å². The quantitative estimate of drug-likeness (QED) is 0.931. The lowest BCUT2D eigenvalue weighted by atomic mass is 9.90. The maximum atomic E-state index is 12.2. The number of rotatable bonds is 3. The maximum Gasteiger partial charge on any atom is 0.261 e. The molecule has 0 aromatic carbocycles. The van der Waals surface area contributed by atoms with E-state index < -0.39 is 0 Å². The minimum absolute atomic E-state index is 0.0378. The number of carbonyl (C=O) groups excluding carboxylic acids is 2. The molecule has 2 amide bonds. The Balaban J connectivity index is 1.57. The van der Waals surface area contributed by atoms with Crippen LogP contribution in [0.4, 0.5) is 0 Å². The number of amides is 2. The lowest BCUT2D eigenvalue weighted by Crippen LogP contribution is -2.38. The summed E-state index contributed by atoms with van der Waals surface area (Å²) in [6.45, 7) is 4.05. The van der Waals surface area contributed by atoms with Crippen molar-refractivity contribution in [2.24, 2.45) is 5.92 Å². The first-order valence-corrected chi connectivity index (χ1v) is 8.62. The fraction of sp³-hybridized carbons (Fsp3) is 0.625. The SMILES string of the molecule is CC1CCc2sc(C(=O)NCC(=O)N3CCCC3)cc2C1. The second kappa shape index (κ2) is 6.18. The van der Waals surface area contributed by atoms with Crippen molar-refractivity contribution in [1.82, 2.24) is 10.2 Å². The lowest BCUT2D eigenvalue weighted by molar-refractivity contribution is -0.129. The van der Waals surface area contributed by atoms with Crippen molar-refractivity contribution >= 4 is 23.2 Å². The second-order valence-corrected chi connectivity index (χ2v) is 7.31. The van der Waals surface area contributed by atoms with Crippen molar-refractivity contribution in [3.05, 3.63) is 21.4 Å². The number of hydrogen-bond acceptors (Lipinski definition) is 3. The van der Waals surface area contributed by atoms with Gasteiger partial charge >= 0.3 is 0 Å². The summed E-state index contributed by atoms with van der Waals surface area (Å²) in [5, 5.41) is 2.78. The van der Waals surface area contributed by atoms with Gasteiger partial charge in [-0.25, -0.2) is 0 Å². The Morgan fingerprint density at radius 3 is 2.90 bits per heavy atom. The van der Waals surface area contributed by atoms with E-state index in [1.54, 1.807) is 11.3 Å². The predicted octanol–water partition coefficient (Wildman–Crippen LogP) is 2.23. The van der Waals surface area contributed by atoms with Crippen molar-refractivity contribution < 1.29 is 9.59 Å². The molecule has 0 saturated carbocycles. The van der Waals surface area contributed by atoms with Gasteiger partial charge < -0.3 is 10.2 Å². The standard InChI is InChI=1S/C16H22N2O2S/c1-11-4-5-13-12(8-11)9-14(21-13)16(20)17-10-15(19)18-6-2-3-7-18/h9,11H,2-8,10H2,1H3,(H,17,20). The summed E-state index contributed by atoms with van der Waals surface area (Å²) in [7, 11) is 0. The monoisotopic (exact) mass is 306 g/mol. The Kier molecular flexibility index (Phi) is 4.29. The maximum absolute atomic E-state index is 12.2. The van der Waals surface area contributed by atoms with E-state index in [4.69, 9.17) is 0 Å². The summed E-state index contributed by atoms with van der Waals surface area (Å²) < 4.78 is 0. The average molecular weight is 306 g/mol. The van der Waals surface area contributed by atoms with E-state index >= 15 is 0 Å². The third kappa shape index (κ3) is 3.28. The molecule has 0 spiro atoms. The van der Waals surface area contributed by atoms with Gasteiger partial charge in [0, 0.05) is 18.0 Å². The zero-order valence-corrected chi connectivity index (χ0v) is 13.3. The van der Waals surface area contributed by atoms with Gasteiger partial charge in [0.2, 0.25) is 5.91 Å². The Labute approximate surface area is 129 Å². The highest BCUT2D eigenvalue weighted by Gasteiger charge is 2.22. The largest absolute Gasteiger partial charge is 0.342 e. The van der Waals surface area contributed by atoms with Crippen LogP contribution in [0.3, 0.4) is 0 Å². The van der Waals surface area contributed by atoms with Gasteiger partial charge in [0.05, 0.1) is 11.4 Å². The van der Waals surface area contributed by atoms with Crippen LogP contribution < -0.4 is 5.32 Å². The Bertz CT molecular complexity index is 546. The molecule has 4 nitrogen and oxygen atoms in total. The molecule has 1 saturated heterocycles. The number of nitrogens with zero attached hydrogens (tertiary/aromatic N) is 1. The number of nitrogens with one attached hydrogen (secondary N) is 1. The Morgan fingerprint density at radius 2 is 2.14 bits per heavy atom. The first kappa shape index (κ1) is 14.6. The van der Waals surface area contributed by atoms with E-state index in [9.17, 15) is 9.59 Å². The van der Waals surface area contributed by atoms with Crippen LogP contribution in [-0.2, 0) is 17.6 Å². The van der Waals surface area contributed by atoms with Crippen LogP contribution in [0.1, 0.15) is 46.3 Å². The number of hydrogen-bond donors (Lipinski definition) is 1. The summed E-state index contributed by atoms with van der Waals surface area (Å²) in [6.07, 6.45) is 5.53. The van der Waals surface area contributed by atoms with Gasteiger partial charge in [-0.15, -0.1) is 11.3 Å².